The number of nitrogens with one attached hydrogen (secondary N) is 1. The first-order valence-electron chi connectivity index (χ1n) is 4.18. The van der Waals surface area contributed by atoms with Crippen LogP contribution in [0.25, 0.3) is 0 Å². The van der Waals surface area contributed by atoms with E-state index in [1.165, 1.54) is 7.05 Å². The van der Waals surface area contributed by atoms with Crippen LogP contribution < -0.4 is 5.32 Å². The zero-order valence-corrected chi connectivity index (χ0v) is 8.11. The van der Waals surface area contributed by atoms with E-state index >= 15 is 0 Å². The molecule has 2 N–H and O–H groups in total. The maximum atomic E-state index is 10.8. The van der Waals surface area contributed by atoms with E-state index in [4.69, 9.17) is 5.11 Å². The number of carboxylic acids is 1. The number of nitrogens with zero attached hydrogens (tertiary/aromatic N) is 1. The van der Waals surface area contributed by atoms with E-state index in [1.54, 1.807) is 19.2 Å². The number of rotatable bonds is 3. The predicted molar refractivity (Wildman–Crippen MR) is 56.1 cm³/mol. The van der Waals surface area contributed by atoms with Crippen molar-refractivity contribution in [3.05, 3.63) is 29.8 Å². The Hall–Kier alpha value is -1.84. The zero-order chi connectivity index (χ0) is 10.6. The maximum Gasteiger partial charge on any atom is 0.354 e. The van der Waals surface area contributed by atoms with E-state index in [0.29, 0.717) is 5.56 Å². The zero-order valence-electron chi connectivity index (χ0n) is 8.11. The van der Waals surface area contributed by atoms with Gasteiger partial charge in [-0.05, 0) is 6.07 Å². The first-order valence-corrected chi connectivity index (χ1v) is 4.18. The number of carboxylic acid groups (broad SMARTS) is 1. The third kappa shape index (κ3) is 1.90. The molecule has 4 nitrogen and oxygen atoms in total. The fraction of sp³-hybridized carbons (Fsp3) is 0.200. The summed E-state index contributed by atoms with van der Waals surface area (Å²) >= 11 is 0. The first kappa shape index (κ1) is 10.2. The molecule has 0 amide bonds. The van der Waals surface area contributed by atoms with Crippen LogP contribution in [0.2, 0.25) is 0 Å². The fourth-order valence-electron chi connectivity index (χ4n) is 1.24. The number of para-hydroxylation sites is 1. The van der Waals surface area contributed by atoms with Crippen LogP contribution >= 0.6 is 0 Å². The summed E-state index contributed by atoms with van der Waals surface area (Å²) in [4.78, 5) is 14.6. The average Bonchev–Trinajstić information content (AvgIpc) is 2.19. The van der Waals surface area contributed by atoms with E-state index in [1.807, 2.05) is 12.1 Å². The minimum atomic E-state index is -1.02. The Morgan fingerprint density at radius 2 is 2.07 bits per heavy atom. The standard InChI is InChI=1S/C10H12N2O2/c1-11-8-6-4-3-5-7(8)9(12-2)10(13)14/h3-6,11H,1-2H3,(H,13,14). The molecule has 0 spiro atoms. The molecule has 0 heterocycles. The topological polar surface area (TPSA) is 61.7 Å². The van der Waals surface area contributed by atoms with Crippen LogP contribution in [-0.4, -0.2) is 30.9 Å². The minimum absolute atomic E-state index is 0.0648. The van der Waals surface area contributed by atoms with E-state index in [0.717, 1.165) is 5.69 Å². The third-order valence-corrected chi connectivity index (χ3v) is 1.88. The summed E-state index contributed by atoms with van der Waals surface area (Å²) in [6, 6.07) is 7.15. The molecule has 0 bridgehead atoms. The van der Waals surface area contributed by atoms with Gasteiger partial charge in [0, 0.05) is 25.3 Å². The van der Waals surface area contributed by atoms with Crippen molar-refractivity contribution in [1.82, 2.24) is 0 Å². The Morgan fingerprint density at radius 3 is 2.57 bits per heavy atom. The summed E-state index contributed by atoms with van der Waals surface area (Å²) < 4.78 is 0. The van der Waals surface area contributed by atoms with Crippen LogP contribution in [0.3, 0.4) is 0 Å². The summed E-state index contributed by atoms with van der Waals surface area (Å²) in [5.74, 6) is -1.02. The fourth-order valence-corrected chi connectivity index (χ4v) is 1.24. The summed E-state index contributed by atoms with van der Waals surface area (Å²) in [6.45, 7) is 0. The van der Waals surface area contributed by atoms with Crippen LogP contribution in [0.5, 0.6) is 0 Å². The lowest BCUT2D eigenvalue weighted by Gasteiger charge is -2.07. The number of aliphatic imine (C=N–C) groups is 1. The largest absolute Gasteiger partial charge is 0.477 e. The van der Waals surface area contributed by atoms with Gasteiger partial charge in [0.1, 0.15) is 0 Å². The van der Waals surface area contributed by atoms with Crippen LogP contribution in [0, 0.1) is 0 Å². The number of benzene rings is 1. The number of hydrogen-bond donors (Lipinski definition) is 2. The highest BCUT2D eigenvalue weighted by molar-refractivity contribution is 6.43. The molecule has 0 unspecified atom stereocenters. The average molecular weight is 192 g/mol. The summed E-state index contributed by atoms with van der Waals surface area (Å²) in [7, 11) is 3.21. The van der Waals surface area contributed by atoms with Gasteiger partial charge in [0.2, 0.25) is 0 Å². The molecular formula is C10H12N2O2. The molecule has 0 radical (unpaired) electrons. The van der Waals surface area contributed by atoms with Crippen molar-refractivity contribution in [1.29, 1.82) is 0 Å². The molecule has 0 fully saturated rings. The van der Waals surface area contributed by atoms with Gasteiger partial charge in [0.25, 0.3) is 0 Å². The van der Waals surface area contributed by atoms with Crippen molar-refractivity contribution in [2.45, 2.75) is 0 Å². The van der Waals surface area contributed by atoms with Crippen molar-refractivity contribution in [2.24, 2.45) is 4.99 Å². The summed E-state index contributed by atoms with van der Waals surface area (Å²) in [5.41, 5.74) is 1.43. The molecule has 14 heavy (non-hydrogen) atoms. The Kier molecular flexibility index (Phi) is 3.23. The van der Waals surface area contributed by atoms with Crippen molar-refractivity contribution < 1.29 is 9.90 Å². The van der Waals surface area contributed by atoms with Gasteiger partial charge in [0.15, 0.2) is 5.71 Å². The highest BCUT2D eigenvalue weighted by atomic mass is 16.4. The smallest absolute Gasteiger partial charge is 0.354 e. The van der Waals surface area contributed by atoms with Gasteiger partial charge < -0.3 is 10.4 Å². The molecule has 1 aromatic carbocycles. The Bertz CT molecular complexity index is 372. The van der Waals surface area contributed by atoms with Gasteiger partial charge in [0.05, 0.1) is 0 Å². The van der Waals surface area contributed by atoms with E-state index < -0.39 is 5.97 Å². The molecule has 0 aliphatic heterocycles. The second-order valence-electron chi connectivity index (χ2n) is 2.67. The van der Waals surface area contributed by atoms with Gasteiger partial charge in [-0.3, -0.25) is 4.99 Å². The molecule has 0 atom stereocenters. The highest BCUT2D eigenvalue weighted by Crippen LogP contribution is 2.15. The van der Waals surface area contributed by atoms with Gasteiger partial charge in [-0.15, -0.1) is 0 Å². The molecule has 0 aliphatic carbocycles. The number of anilines is 1. The lowest BCUT2D eigenvalue weighted by atomic mass is 10.1. The maximum absolute atomic E-state index is 10.8. The summed E-state index contributed by atoms with van der Waals surface area (Å²) in [5, 5.41) is 11.8. The molecule has 0 saturated carbocycles. The number of aliphatic carboxylic acids is 1. The van der Waals surface area contributed by atoms with E-state index in [9.17, 15) is 4.79 Å². The lowest BCUT2D eigenvalue weighted by molar-refractivity contribution is -0.129. The molecule has 0 saturated heterocycles. The van der Waals surface area contributed by atoms with Crippen molar-refractivity contribution >= 4 is 17.4 Å². The van der Waals surface area contributed by atoms with Crippen LogP contribution in [-0.2, 0) is 4.79 Å². The second kappa shape index (κ2) is 4.41. The van der Waals surface area contributed by atoms with Crippen molar-refractivity contribution in [2.75, 3.05) is 19.4 Å². The monoisotopic (exact) mass is 192 g/mol. The number of carbonyl (C=O) groups is 1. The van der Waals surface area contributed by atoms with Crippen molar-refractivity contribution in [3.63, 3.8) is 0 Å². The van der Waals surface area contributed by atoms with Gasteiger partial charge in [-0.25, -0.2) is 4.79 Å². The quantitative estimate of drug-likeness (QED) is 0.708. The predicted octanol–water partition coefficient (Wildman–Crippen LogP) is 1.23. The van der Waals surface area contributed by atoms with Crippen LogP contribution in [0.1, 0.15) is 5.56 Å². The molecular weight excluding hydrogens is 180 g/mol. The summed E-state index contributed by atoms with van der Waals surface area (Å²) in [6.07, 6.45) is 0. The molecule has 1 rings (SSSR count). The van der Waals surface area contributed by atoms with Crippen LogP contribution in [0.4, 0.5) is 5.69 Å². The highest BCUT2D eigenvalue weighted by Gasteiger charge is 2.13. The Labute approximate surface area is 82.3 Å². The lowest BCUT2D eigenvalue weighted by Crippen LogP contribution is -2.15. The SMILES string of the molecule is CN=C(C(=O)O)c1ccccc1NC. The molecule has 0 aromatic heterocycles. The second-order valence-corrected chi connectivity index (χ2v) is 2.67. The van der Waals surface area contributed by atoms with Gasteiger partial charge >= 0.3 is 5.97 Å². The molecule has 0 aliphatic rings. The van der Waals surface area contributed by atoms with Gasteiger partial charge in [-0.2, -0.15) is 0 Å². The number of hydrogen-bond acceptors (Lipinski definition) is 3. The molecule has 1 aromatic rings. The normalized spacial score (nSPS) is 11.1. The third-order valence-electron chi connectivity index (χ3n) is 1.88. The van der Waals surface area contributed by atoms with Gasteiger partial charge in [-0.1, -0.05) is 18.2 Å². The Morgan fingerprint density at radius 1 is 1.43 bits per heavy atom. The van der Waals surface area contributed by atoms with E-state index in [2.05, 4.69) is 10.3 Å². The minimum Gasteiger partial charge on any atom is -0.477 e. The van der Waals surface area contributed by atoms with Crippen LogP contribution in [0.15, 0.2) is 29.3 Å². The Balaban J connectivity index is 3.23. The van der Waals surface area contributed by atoms with Crippen molar-refractivity contribution in [3.8, 4) is 0 Å². The van der Waals surface area contributed by atoms with E-state index in [-0.39, 0.29) is 5.71 Å². The molecule has 4 heteroatoms. The molecule has 74 valence electrons. The first-order chi connectivity index (χ1) is 6.70.